The zero-order valence-corrected chi connectivity index (χ0v) is 16.3. The number of aromatic nitrogens is 5. The summed E-state index contributed by atoms with van der Waals surface area (Å²) in [7, 11) is 0. The molecule has 3 atom stereocenters. The van der Waals surface area contributed by atoms with Gasteiger partial charge in [0.2, 0.25) is 5.89 Å². The molecule has 1 aromatic carbocycles. The van der Waals surface area contributed by atoms with Crippen molar-refractivity contribution in [3.63, 3.8) is 0 Å². The Morgan fingerprint density at radius 3 is 2.81 bits per heavy atom. The maximum absolute atomic E-state index is 13.5. The zero-order valence-electron chi connectivity index (χ0n) is 16.3. The van der Waals surface area contributed by atoms with Crippen molar-refractivity contribution in [1.29, 1.82) is 0 Å². The lowest BCUT2D eigenvalue weighted by Crippen LogP contribution is -2.23. The first-order chi connectivity index (χ1) is 15.1. The molecule has 1 saturated carbocycles. The highest BCUT2D eigenvalue weighted by Crippen LogP contribution is 2.57. The first-order valence-electron chi connectivity index (χ1n) is 10.0. The number of nitrogens with zero attached hydrogens (tertiary/aromatic N) is 6. The van der Waals surface area contributed by atoms with Crippen molar-refractivity contribution in [2.45, 2.75) is 12.5 Å². The lowest BCUT2D eigenvalue weighted by molar-refractivity contribution is 0.363. The number of anilines is 2. The van der Waals surface area contributed by atoms with Crippen LogP contribution in [0.25, 0.3) is 11.0 Å². The molecule has 0 spiro atoms. The van der Waals surface area contributed by atoms with Gasteiger partial charge in [0, 0.05) is 24.7 Å². The van der Waals surface area contributed by atoms with E-state index in [-0.39, 0.29) is 23.8 Å². The Labute approximate surface area is 175 Å². The van der Waals surface area contributed by atoms with Gasteiger partial charge in [-0.1, -0.05) is 11.2 Å². The van der Waals surface area contributed by atoms with E-state index >= 15 is 0 Å². The van der Waals surface area contributed by atoms with Gasteiger partial charge in [-0.15, -0.1) is 0 Å². The van der Waals surface area contributed by atoms with Crippen molar-refractivity contribution in [2.75, 3.05) is 23.7 Å². The SMILES string of the molecule is Nc1ccc2c(=O)n(Cc3nc(C4[C@H]5CN(c6cccc(F)c6)C[C@@H]45)no3)cnc2n1. The summed E-state index contributed by atoms with van der Waals surface area (Å²) in [4.78, 5) is 27.6. The van der Waals surface area contributed by atoms with Gasteiger partial charge in [0.05, 0.1) is 5.39 Å². The van der Waals surface area contributed by atoms with Crippen LogP contribution >= 0.6 is 0 Å². The normalized spacial score (nSPS) is 22.1. The molecule has 1 aliphatic heterocycles. The predicted molar refractivity (Wildman–Crippen MR) is 110 cm³/mol. The van der Waals surface area contributed by atoms with E-state index in [0.29, 0.717) is 40.4 Å². The van der Waals surface area contributed by atoms with Gasteiger partial charge in [-0.25, -0.2) is 14.4 Å². The third-order valence-electron chi connectivity index (χ3n) is 6.16. The summed E-state index contributed by atoms with van der Waals surface area (Å²) in [6, 6.07) is 9.84. The molecule has 2 N–H and O–H groups in total. The Morgan fingerprint density at radius 2 is 2.00 bits per heavy atom. The highest BCUT2D eigenvalue weighted by molar-refractivity contribution is 5.74. The third-order valence-corrected chi connectivity index (χ3v) is 6.16. The van der Waals surface area contributed by atoms with Crippen LogP contribution in [0, 0.1) is 17.7 Å². The van der Waals surface area contributed by atoms with Gasteiger partial charge in [-0.2, -0.15) is 4.98 Å². The van der Waals surface area contributed by atoms with Crippen LogP contribution in [-0.4, -0.2) is 37.8 Å². The van der Waals surface area contributed by atoms with Gasteiger partial charge in [-0.3, -0.25) is 9.36 Å². The van der Waals surface area contributed by atoms with Crippen molar-refractivity contribution in [3.8, 4) is 0 Å². The summed E-state index contributed by atoms with van der Waals surface area (Å²) < 4.78 is 20.3. The van der Waals surface area contributed by atoms with Gasteiger partial charge in [0.15, 0.2) is 11.5 Å². The summed E-state index contributed by atoms with van der Waals surface area (Å²) in [6.07, 6.45) is 1.41. The van der Waals surface area contributed by atoms with Crippen LogP contribution in [0.5, 0.6) is 0 Å². The number of fused-ring (bicyclic) bond motifs is 2. The molecular weight excluding hydrogens is 401 g/mol. The Balaban J connectivity index is 1.16. The molecule has 0 bridgehead atoms. The first kappa shape index (κ1) is 18.0. The van der Waals surface area contributed by atoms with Crippen LogP contribution in [-0.2, 0) is 6.54 Å². The monoisotopic (exact) mass is 419 g/mol. The Morgan fingerprint density at radius 1 is 1.16 bits per heavy atom. The molecule has 9 nitrogen and oxygen atoms in total. The van der Waals surface area contributed by atoms with Crippen LogP contribution in [0.3, 0.4) is 0 Å². The molecule has 31 heavy (non-hydrogen) atoms. The molecule has 6 rings (SSSR count). The summed E-state index contributed by atoms with van der Waals surface area (Å²) >= 11 is 0. The summed E-state index contributed by atoms with van der Waals surface area (Å²) in [6.45, 7) is 1.82. The van der Waals surface area contributed by atoms with Crippen LogP contribution < -0.4 is 16.2 Å². The van der Waals surface area contributed by atoms with E-state index in [2.05, 4.69) is 25.0 Å². The average molecular weight is 419 g/mol. The van der Waals surface area contributed by atoms with Gasteiger partial charge in [-0.05, 0) is 42.2 Å². The van der Waals surface area contributed by atoms with Gasteiger partial charge >= 0.3 is 0 Å². The van der Waals surface area contributed by atoms with Gasteiger partial charge in [0.1, 0.15) is 24.5 Å². The lowest BCUT2D eigenvalue weighted by Gasteiger charge is -2.21. The third kappa shape index (κ3) is 3.02. The second-order valence-corrected chi connectivity index (χ2v) is 8.07. The maximum atomic E-state index is 13.5. The Kier molecular flexibility index (Phi) is 3.83. The molecular formula is C21H18FN7O2. The van der Waals surface area contributed by atoms with Crippen LogP contribution in [0.4, 0.5) is 15.9 Å². The molecule has 0 amide bonds. The minimum absolute atomic E-state index is 0.136. The van der Waals surface area contributed by atoms with Crippen molar-refractivity contribution in [2.24, 2.45) is 11.8 Å². The van der Waals surface area contributed by atoms with Crippen LogP contribution in [0.2, 0.25) is 0 Å². The molecule has 0 radical (unpaired) electrons. The molecule has 4 heterocycles. The largest absolute Gasteiger partial charge is 0.384 e. The second kappa shape index (κ2) is 6.59. The highest BCUT2D eigenvalue weighted by atomic mass is 19.1. The van der Waals surface area contributed by atoms with Crippen molar-refractivity contribution in [3.05, 3.63) is 70.6 Å². The summed E-state index contributed by atoms with van der Waals surface area (Å²) in [5, 5.41) is 4.52. The Bertz CT molecular complexity index is 1360. The topological polar surface area (TPSA) is 116 Å². The van der Waals surface area contributed by atoms with Crippen molar-refractivity contribution in [1.82, 2.24) is 24.7 Å². The summed E-state index contributed by atoms with van der Waals surface area (Å²) in [5.74, 6) is 2.19. The smallest absolute Gasteiger partial charge is 0.263 e. The molecule has 10 heteroatoms. The quantitative estimate of drug-likeness (QED) is 0.532. The van der Waals surface area contributed by atoms with Crippen LogP contribution in [0.15, 0.2) is 52.0 Å². The number of nitrogens with two attached hydrogens (primary N) is 1. The average Bonchev–Trinajstić information content (AvgIpc) is 3.08. The molecule has 2 aliphatic rings. The Hall–Kier alpha value is -3.82. The number of pyridine rings is 1. The lowest BCUT2D eigenvalue weighted by atomic mass is 10.2. The number of halogens is 1. The maximum Gasteiger partial charge on any atom is 0.263 e. The minimum atomic E-state index is -0.244. The van der Waals surface area contributed by atoms with Crippen molar-refractivity contribution >= 4 is 22.5 Å². The second-order valence-electron chi connectivity index (χ2n) is 8.07. The zero-order chi connectivity index (χ0) is 21.1. The number of hydrogen-bond acceptors (Lipinski definition) is 8. The van der Waals surface area contributed by atoms with Gasteiger partial charge in [0.25, 0.3) is 5.56 Å². The fraction of sp³-hybridized carbons (Fsp3) is 0.286. The molecule has 156 valence electrons. The first-order valence-corrected chi connectivity index (χ1v) is 10.0. The molecule has 4 aromatic rings. The fourth-order valence-corrected chi connectivity index (χ4v) is 4.58. The number of benzene rings is 1. The number of hydrogen-bond donors (Lipinski definition) is 1. The fourth-order valence-electron chi connectivity index (χ4n) is 4.58. The van der Waals surface area contributed by atoms with E-state index in [4.69, 9.17) is 10.3 Å². The molecule has 1 saturated heterocycles. The highest BCUT2D eigenvalue weighted by Gasteiger charge is 2.58. The van der Waals surface area contributed by atoms with E-state index < -0.39 is 0 Å². The standard InChI is InChI=1S/C21H18FN7O2/c22-11-2-1-3-12(6-11)28-7-14-15(8-28)18(14)20-26-17(31-27-20)9-29-10-24-19-13(21(29)30)4-5-16(23)25-19/h1-6,10,14-15,18H,7-9H2,(H2,23,25)/t14-,15+,18?. The van der Waals surface area contributed by atoms with E-state index in [1.165, 1.54) is 17.0 Å². The van der Waals surface area contributed by atoms with E-state index in [9.17, 15) is 9.18 Å². The molecule has 2 fully saturated rings. The number of piperidine rings is 1. The van der Waals surface area contributed by atoms with E-state index in [1.807, 2.05) is 6.07 Å². The molecule has 1 aliphatic carbocycles. The van der Waals surface area contributed by atoms with E-state index in [1.54, 1.807) is 24.3 Å². The van der Waals surface area contributed by atoms with E-state index in [0.717, 1.165) is 18.8 Å². The van der Waals surface area contributed by atoms with Gasteiger partial charge < -0.3 is 15.2 Å². The summed E-state index contributed by atoms with van der Waals surface area (Å²) in [5.41, 5.74) is 6.61. The number of nitrogen functional groups attached to an aromatic ring is 1. The molecule has 1 unspecified atom stereocenters. The molecule has 3 aromatic heterocycles. The van der Waals surface area contributed by atoms with Crippen LogP contribution in [0.1, 0.15) is 17.6 Å². The number of rotatable bonds is 4. The minimum Gasteiger partial charge on any atom is -0.384 e. The predicted octanol–water partition coefficient (Wildman–Crippen LogP) is 1.79. The van der Waals surface area contributed by atoms with Crippen molar-refractivity contribution < 1.29 is 8.91 Å².